The predicted octanol–water partition coefficient (Wildman–Crippen LogP) is 2.69. The number of carbonyl (C=O) groups is 1. The molecule has 0 heterocycles. The second-order valence-electron chi connectivity index (χ2n) is 5.38. The fourth-order valence-electron chi connectivity index (χ4n) is 2.17. The zero-order valence-electron chi connectivity index (χ0n) is 13.6. The Morgan fingerprint density at radius 3 is 2.67 bits per heavy atom. The highest BCUT2D eigenvalue weighted by atomic mass is 16.5. The summed E-state index contributed by atoms with van der Waals surface area (Å²) in [5.41, 5.74) is 2.15. The lowest BCUT2D eigenvalue weighted by Gasteiger charge is -2.25. The Hall–Kier alpha value is -1.55. The molecule has 0 fully saturated rings. The highest BCUT2D eigenvalue weighted by molar-refractivity contribution is 5.80. The minimum absolute atomic E-state index is 0.00338. The molecule has 1 N–H and O–H groups in total. The van der Waals surface area contributed by atoms with Gasteiger partial charge in [0.25, 0.3) is 5.91 Å². The lowest BCUT2D eigenvalue weighted by Crippen LogP contribution is -2.41. The molecule has 0 aromatic heterocycles. The quantitative estimate of drug-likeness (QED) is 0.750. The van der Waals surface area contributed by atoms with Crippen LogP contribution < -0.4 is 4.74 Å². The third-order valence-electron chi connectivity index (χ3n) is 3.52. The van der Waals surface area contributed by atoms with Gasteiger partial charge < -0.3 is 14.7 Å². The largest absolute Gasteiger partial charge is 0.481 e. The van der Waals surface area contributed by atoms with Crippen LogP contribution in [-0.2, 0) is 4.79 Å². The number of aryl methyl sites for hydroxylation is 2. The van der Waals surface area contributed by atoms with E-state index in [9.17, 15) is 4.79 Å². The molecule has 1 aromatic carbocycles. The Morgan fingerprint density at radius 1 is 1.33 bits per heavy atom. The van der Waals surface area contributed by atoms with Crippen LogP contribution in [0.3, 0.4) is 0 Å². The summed E-state index contributed by atoms with van der Waals surface area (Å²) in [7, 11) is 0. The standard InChI is InChI=1S/C17H27NO3/c1-5-18(10-6-7-11-19)17(20)15(4)21-16-12-13(2)8-9-14(16)3/h8-9,12,15,19H,5-7,10-11H2,1-4H3. The molecule has 4 nitrogen and oxygen atoms in total. The number of aliphatic hydroxyl groups excluding tert-OH is 1. The zero-order chi connectivity index (χ0) is 15.8. The van der Waals surface area contributed by atoms with E-state index in [0.717, 1.165) is 29.7 Å². The molecular weight excluding hydrogens is 266 g/mol. The van der Waals surface area contributed by atoms with Gasteiger partial charge in [0.2, 0.25) is 0 Å². The normalized spacial score (nSPS) is 12.0. The molecule has 21 heavy (non-hydrogen) atoms. The number of amides is 1. The Kier molecular flexibility index (Phi) is 7.23. The molecule has 0 spiro atoms. The molecule has 4 heteroatoms. The highest BCUT2D eigenvalue weighted by Gasteiger charge is 2.21. The van der Waals surface area contributed by atoms with Gasteiger partial charge >= 0.3 is 0 Å². The topological polar surface area (TPSA) is 49.8 Å². The van der Waals surface area contributed by atoms with E-state index in [-0.39, 0.29) is 12.5 Å². The van der Waals surface area contributed by atoms with Crippen molar-refractivity contribution in [2.45, 2.75) is 46.6 Å². The fourth-order valence-corrected chi connectivity index (χ4v) is 2.17. The Morgan fingerprint density at radius 2 is 2.05 bits per heavy atom. The first-order chi connectivity index (χ1) is 9.99. The number of nitrogens with zero attached hydrogens (tertiary/aromatic N) is 1. The van der Waals surface area contributed by atoms with Crippen molar-refractivity contribution in [2.75, 3.05) is 19.7 Å². The maximum absolute atomic E-state index is 12.4. The van der Waals surface area contributed by atoms with E-state index in [0.29, 0.717) is 13.1 Å². The van der Waals surface area contributed by atoms with E-state index in [1.165, 1.54) is 0 Å². The third kappa shape index (κ3) is 5.38. The number of hydrogen-bond donors (Lipinski definition) is 1. The molecule has 0 aliphatic rings. The second kappa shape index (κ2) is 8.67. The van der Waals surface area contributed by atoms with Crippen molar-refractivity contribution in [1.82, 2.24) is 4.90 Å². The molecule has 1 aromatic rings. The SMILES string of the molecule is CCN(CCCCO)C(=O)C(C)Oc1cc(C)ccc1C. The monoisotopic (exact) mass is 293 g/mol. The lowest BCUT2D eigenvalue weighted by molar-refractivity contribution is -0.137. The molecule has 0 saturated heterocycles. The summed E-state index contributed by atoms with van der Waals surface area (Å²) in [6.45, 7) is 9.22. The van der Waals surface area contributed by atoms with Gasteiger partial charge in [-0.15, -0.1) is 0 Å². The molecule has 0 bridgehead atoms. The number of hydrogen-bond acceptors (Lipinski definition) is 3. The smallest absolute Gasteiger partial charge is 0.263 e. The summed E-state index contributed by atoms with van der Waals surface area (Å²) < 4.78 is 5.84. The number of unbranched alkanes of at least 4 members (excludes halogenated alkanes) is 1. The van der Waals surface area contributed by atoms with Crippen LogP contribution in [0.25, 0.3) is 0 Å². The Labute approximate surface area is 127 Å². The van der Waals surface area contributed by atoms with Gasteiger partial charge in [-0.25, -0.2) is 0 Å². The number of carbonyl (C=O) groups excluding carboxylic acids is 1. The van der Waals surface area contributed by atoms with Gasteiger partial charge in [0.1, 0.15) is 5.75 Å². The van der Waals surface area contributed by atoms with Crippen molar-refractivity contribution in [3.8, 4) is 5.75 Å². The van der Waals surface area contributed by atoms with Crippen LogP contribution in [0.1, 0.15) is 37.8 Å². The summed E-state index contributed by atoms with van der Waals surface area (Å²) >= 11 is 0. The molecule has 1 unspecified atom stereocenters. The zero-order valence-corrected chi connectivity index (χ0v) is 13.6. The summed E-state index contributed by atoms with van der Waals surface area (Å²) in [6.07, 6.45) is 1.03. The van der Waals surface area contributed by atoms with Crippen molar-refractivity contribution in [3.05, 3.63) is 29.3 Å². The second-order valence-corrected chi connectivity index (χ2v) is 5.38. The molecule has 0 saturated carbocycles. The number of rotatable bonds is 8. The van der Waals surface area contributed by atoms with Gasteiger partial charge in [0.15, 0.2) is 6.10 Å². The summed E-state index contributed by atoms with van der Waals surface area (Å²) in [5, 5.41) is 8.82. The summed E-state index contributed by atoms with van der Waals surface area (Å²) in [5.74, 6) is 0.763. The van der Waals surface area contributed by atoms with Crippen LogP contribution in [0, 0.1) is 13.8 Å². The first-order valence-electron chi connectivity index (χ1n) is 7.63. The van der Waals surface area contributed by atoms with Crippen LogP contribution in [-0.4, -0.2) is 41.7 Å². The summed E-state index contributed by atoms with van der Waals surface area (Å²) in [6, 6.07) is 5.99. The average Bonchev–Trinajstić information content (AvgIpc) is 2.47. The van der Waals surface area contributed by atoms with Crippen molar-refractivity contribution in [3.63, 3.8) is 0 Å². The van der Waals surface area contributed by atoms with Gasteiger partial charge in [-0.1, -0.05) is 12.1 Å². The van der Waals surface area contributed by atoms with E-state index in [1.807, 2.05) is 39.0 Å². The minimum atomic E-state index is -0.500. The fraction of sp³-hybridized carbons (Fsp3) is 0.588. The van der Waals surface area contributed by atoms with Crippen molar-refractivity contribution in [2.24, 2.45) is 0 Å². The molecular formula is C17H27NO3. The number of aliphatic hydroxyl groups is 1. The van der Waals surface area contributed by atoms with E-state index in [2.05, 4.69) is 0 Å². The molecule has 1 amide bonds. The van der Waals surface area contributed by atoms with Crippen LogP contribution in [0.2, 0.25) is 0 Å². The van der Waals surface area contributed by atoms with Crippen LogP contribution in [0.4, 0.5) is 0 Å². The lowest BCUT2D eigenvalue weighted by atomic mass is 10.1. The van der Waals surface area contributed by atoms with Crippen LogP contribution >= 0.6 is 0 Å². The van der Waals surface area contributed by atoms with Gasteiger partial charge in [0.05, 0.1) is 0 Å². The molecule has 0 radical (unpaired) electrons. The minimum Gasteiger partial charge on any atom is -0.481 e. The van der Waals surface area contributed by atoms with E-state index < -0.39 is 6.10 Å². The van der Waals surface area contributed by atoms with E-state index >= 15 is 0 Å². The molecule has 1 atom stereocenters. The van der Waals surface area contributed by atoms with Crippen LogP contribution in [0.5, 0.6) is 5.75 Å². The number of ether oxygens (including phenoxy) is 1. The average molecular weight is 293 g/mol. The summed E-state index contributed by atoms with van der Waals surface area (Å²) in [4.78, 5) is 14.2. The maximum atomic E-state index is 12.4. The number of likely N-dealkylation sites (N-methyl/N-ethyl adjacent to an activating group) is 1. The van der Waals surface area contributed by atoms with Gasteiger partial charge in [-0.3, -0.25) is 4.79 Å². The molecule has 118 valence electrons. The Balaban J connectivity index is 2.65. The predicted molar refractivity (Wildman–Crippen MR) is 84.6 cm³/mol. The highest BCUT2D eigenvalue weighted by Crippen LogP contribution is 2.21. The first-order valence-corrected chi connectivity index (χ1v) is 7.63. The van der Waals surface area contributed by atoms with Gasteiger partial charge in [0, 0.05) is 19.7 Å². The van der Waals surface area contributed by atoms with E-state index in [4.69, 9.17) is 9.84 Å². The maximum Gasteiger partial charge on any atom is 0.263 e. The van der Waals surface area contributed by atoms with Crippen LogP contribution in [0.15, 0.2) is 18.2 Å². The van der Waals surface area contributed by atoms with E-state index in [1.54, 1.807) is 11.8 Å². The van der Waals surface area contributed by atoms with Crippen molar-refractivity contribution >= 4 is 5.91 Å². The molecule has 0 aliphatic carbocycles. The van der Waals surface area contributed by atoms with Crippen molar-refractivity contribution < 1.29 is 14.6 Å². The number of benzene rings is 1. The third-order valence-corrected chi connectivity index (χ3v) is 3.52. The first kappa shape index (κ1) is 17.5. The molecule has 0 aliphatic heterocycles. The molecule has 1 rings (SSSR count). The van der Waals surface area contributed by atoms with Gasteiger partial charge in [-0.05, 0) is 57.7 Å². The van der Waals surface area contributed by atoms with Gasteiger partial charge in [-0.2, -0.15) is 0 Å². The Bertz CT molecular complexity index is 459. The van der Waals surface area contributed by atoms with Crippen molar-refractivity contribution in [1.29, 1.82) is 0 Å².